The molecular formula is C16H16N2O. The number of benzene rings is 2. The molecule has 0 aliphatic carbocycles. The summed E-state index contributed by atoms with van der Waals surface area (Å²) in [6, 6.07) is 15.4. The highest BCUT2D eigenvalue weighted by Gasteiger charge is 2.31. The second kappa shape index (κ2) is 4.43. The van der Waals surface area contributed by atoms with E-state index in [1.165, 1.54) is 5.56 Å². The normalized spacial score (nSPS) is 17.3. The van der Waals surface area contributed by atoms with Crippen LogP contribution in [0.1, 0.15) is 22.8 Å². The average Bonchev–Trinajstić information content (AvgIpc) is 2.74. The van der Waals surface area contributed by atoms with Gasteiger partial charge in [-0.05, 0) is 43.2 Å². The van der Waals surface area contributed by atoms with E-state index in [-0.39, 0.29) is 11.9 Å². The Hall–Kier alpha value is -2.29. The largest absolute Gasteiger partial charge is 0.399 e. The molecule has 0 aromatic heterocycles. The number of rotatable bonds is 1. The average molecular weight is 252 g/mol. The number of nitrogens with zero attached hydrogens (tertiary/aromatic N) is 1. The van der Waals surface area contributed by atoms with Gasteiger partial charge in [0.1, 0.15) is 0 Å². The van der Waals surface area contributed by atoms with Crippen molar-refractivity contribution in [1.82, 2.24) is 0 Å². The van der Waals surface area contributed by atoms with Crippen LogP contribution < -0.4 is 10.6 Å². The van der Waals surface area contributed by atoms with Gasteiger partial charge in [-0.25, -0.2) is 0 Å². The number of para-hydroxylation sites is 1. The highest BCUT2D eigenvalue weighted by Crippen LogP contribution is 2.33. The highest BCUT2D eigenvalue weighted by molar-refractivity contribution is 6.08. The maximum Gasteiger partial charge on any atom is 0.258 e. The van der Waals surface area contributed by atoms with Crippen molar-refractivity contribution < 1.29 is 4.79 Å². The van der Waals surface area contributed by atoms with Crippen molar-refractivity contribution in [2.24, 2.45) is 0 Å². The van der Waals surface area contributed by atoms with Crippen LogP contribution in [0, 0.1) is 0 Å². The van der Waals surface area contributed by atoms with E-state index in [1.54, 1.807) is 12.1 Å². The van der Waals surface area contributed by atoms with E-state index in [2.05, 4.69) is 13.0 Å². The van der Waals surface area contributed by atoms with Gasteiger partial charge in [0.15, 0.2) is 0 Å². The van der Waals surface area contributed by atoms with Crippen LogP contribution in [0.4, 0.5) is 11.4 Å². The van der Waals surface area contributed by atoms with Crippen LogP contribution in [-0.4, -0.2) is 11.9 Å². The highest BCUT2D eigenvalue weighted by atomic mass is 16.2. The Bertz CT molecular complexity index is 636. The third-order valence-electron chi connectivity index (χ3n) is 3.56. The van der Waals surface area contributed by atoms with Crippen LogP contribution >= 0.6 is 0 Å². The summed E-state index contributed by atoms with van der Waals surface area (Å²) in [6.45, 7) is 2.07. The number of hydrogen-bond donors (Lipinski definition) is 1. The molecule has 96 valence electrons. The SMILES string of the molecule is C[C@@H]1Cc2ccccc2N1C(=O)c1cccc(N)c1. The minimum absolute atomic E-state index is 0.0183. The van der Waals surface area contributed by atoms with Crippen molar-refractivity contribution >= 4 is 17.3 Å². The molecule has 0 saturated heterocycles. The summed E-state index contributed by atoms with van der Waals surface area (Å²) >= 11 is 0. The number of amides is 1. The number of carbonyl (C=O) groups excluding carboxylic acids is 1. The van der Waals surface area contributed by atoms with Crippen LogP contribution in [0.15, 0.2) is 48.5 Å². The number of anilines is 2. The van der Waals surface area contributed by atoms with E-state index >= 15 is 0 Å². The van der Waals surface area contributed by atoms with Crippen molar-refractivity contribution in [3.8, 4) is 0 Å². The van der Waals surface area contributed by atoms with Gasteiger partial charge in [0, 0.05) is 23.0 Å². The van der Waals surface area contributed by atoms with E-state index in [1.807, 2.05) is 35.2 Å². The molecule has 0 spiro atoms. The molecule has 3 heteroatoms. The molecule has 2 N–H and O–H groups in total. The van der Waals surface area contributed by atoms with E-state index in [4.69, 9.17) is 5.73 Å². The molecule has 0 bridgehead atoms. The van der Waals surface area contributed by atoms with Crippen LogP contribution in [0.3, 0.4) is 0 Å². The van der Waals surface area contributed by atoms with Crippen molar-refractivity contribution in [2.45, 2.75) is 19.4 Å². The van der Waals surface area contributed by atoms with Gasteiger partial charge in [-0.3, -0.25) is 4.79 Å². The summed E-state index contributed by atoms with van der Waals surface area (Å²) < 4.78 is 0. The first-order valence-corrected chi connectivity index (χ1v) is 6.44. The van der Waals surface area contributed by atoms with Crippen molar-refractivity contribution in [3.63, 3.8) is 0 Å². The molecule has 0 saturated carbocycles. The van der Waals surface area contributed by atoms with Gasteiger partial charge in [-0.2, -0.15) is 0 Å². The smallest absolute Gasteiger partial charge is 0.258 e. The van der Waals surface area contributed by atoms with Crippen molar-refractivity contribution in [3.05, 3.63) is 59.7 Å². The molecule has 2 aromatic carbocycles. The summed E-state index contributed by atoms with van der Waals surface area (Å²) in [6.07, 6.45) is 0.907. The van der Waals surface area contributed by atoms with Gasteiger partial charge >= 0.3 is 0 Å². The first kappa shape index (κ1) is 11.8. The zero-order valence-corrected chi connectivity index (χ0v) is 10.8. The molecule has 1 aliphatic heterocycles. The molecule has 19 heavy (non-hydrogen) atoms. The van der Waals surface area contributed by atoms with Crippen LogP contribution in [0.25, 0.3) is 0 Å². The summed E-state index contributed by atoms with van der Waals surface area (Å²) in [7, 11) is 0. The Morgan fingerprint density at radius 2 is 2.00 bits per heavy atom. The Labute approximate surface area is 112 Å². The first-order valence-electron chi connectivity index (χ1n) is 6.44. The third kappa shape index (κ3) is 1.97. The fraction of sp³-hybridized carbons (Fsp3) is 0.188. The van der Waals surface area contributed by atoms with Gasteiger partial charge in [0.2, 0.25) is 0 Å². The van der Waals surface area contributed by atoms with Crippen molar-refractivity contribution in [1.29, 1.82) is 0 Å². The number of fused-ring (bicyclic) bond motifs is 1. The second-order valence-electron chi connectivity index (χ2n) is 4.98. The fourth-order valence-electron chi connectivity index (χ4n) is 2.69. The predicted octanol–water partition coefficient (Wildman–Crippen LogP) is 2.86. The monoisotopic (exact) mass is 252 g/mol. The number of nitrogens with two attached hydrogens (primary N) is 1. The Kier molecular flexibility index (Phi) is 2.75. The first-order chi connectivity index (χ1) is 9.16. The lowest BCUT2D eigenvalue weighted by molar-refractivity contribution is 0.0981. The molecule has 0 fully saturated rings. The van der Waals surface area contributed by atoms with Gasteiger partial charge in [-0.15, -0.1) is 0 Å². The molecule has 1 heterocycles. The van der Waals surface area contributed by atoms with E-state index in [0.717, 1.165) is 12.1 Å². The van der Waals surface area contributed by atoms with Gasteiger partial charge in [-0.1, -0.05) is 24.3 Å². The minimum atomic E-state index is 0.0183. The molecule has 1 amide bonds. The molecule has 3 rings (SSSR count). The molecular weight excluding hydrogens is 236 g/mol. The van der Waals surface area contributed by atoms with Crippen molar-refractivity contribution in [2.75, 3.05) is 10.6 Å². The Balaban J connectivity index is 2.01. The topological polar surface area (TPSA) is 46.3 Å². The van der Waals surface area contributed by atoms with E-state index in [0.29, 0.717) is 11.3 Å². The zero-order chi connectivity index (χ0) is 13.4. The standard InChI is InChI=1S/C16H16N2O/c1-11-9-12-5-2-3-8-15(12)18(11)16(19)13-6-4-7-14(17)10-13/h2-8,10-11H,9,17H2,1H3/t11-/m1/s1. The van der Waals surface area contributed by atoms with Gasteiger partial charge in [0.05, 0.1) is 0 Å². The summed E-state index contributed by atoms with van der Waals surface area (Å²) in [5.41, 5.74) is 9.26. The second-order valence-corrected chi connectivity index (χ2v) is 4.98. The molecule has 0 unspecified atom stereocenters. The van der Waals surface area contributed by atoms with E-state index < -0.39 is 0 Å². The molecule has 2 aromatic rings. The lowest BCUT2D eigenvalue weighted by atomic mass is 10.1. The summed E-state index contributed by atoms with van der Waals surface area (Å²) in [4.78, 5) is 14.5. The minimum Gasteiger partial charge on any atom is -0.399 e. The fourth-order valence-corrected chi connectivity index (χ4v) is 2.69. The lowest BCUT2D eigenvalue weighted by Gasteiger charge is -2.22. The van der Waals surface area contributed by atoms with Gasteiger partial charge in [0.25, 0.3) is 5.91 Å². The van der Waals surface area contributed by atoms with Gasteiger partial charge < -0.3 is 10.6 Å². The molecule has 0 radical (unpaired) electrons. The maximum atomic E-state index is 12.6. The Morgan fingerprint density at radius 3 is 2.79 bits per heavy atom. The lowest BCUT2D eigenvalue weighted by Crippen LogP contribution is -2.35. The molecule has 1 atom stereocenters. The maximum absolute atomic E-state index is 12.6. The van der Waals surface area contributed by atoms with Crippen LogP contribution in [-0.2, 0) is 6.42 Å². The number of carbonyl (C=O) groups is 1. The molecule has 1 aliphatic rings. The summed E-state index contributed by atoms with van der Waals surface area (Å²) in [5, 5.41) is 0. The summed E-state index contributed by atoms with van der Waals surface area (Å²) in [5.74, 6) is 0.0183. The predicted molar refractivity (Wildman–Crippen MR) is 77.3 cm³/mol. The quantitative estimate of drug-likeness (QED) is 0.793. The Morgan fingerprint density at radius 1 is 1.21 bits per heavy atom. The van der Waals surface area contributed by atoms with Crippen LogP contribution in [0.5, 0.6) is 0 Å². The van der Waals surface area contributed by atoms with E-state index in [9.17, 15) is 4.79 Å². The van der Waals surface area contributed by atoms with Crippen LogP contribution in [0.2, 0.25) is 0 Å². The third-order valence-corrected chi connectivity index (χ3v) is 3.56. The number of nitrogen functional groups attached to an aromatic ring is 1. The number of hydrogen-bond acceptors (Lipinski definition) is 2. The molecule has 3 nitrogen and oxygen atoms in total. The zero-order valence-electron chi connectivity index (χ0n) is 10.8.